The molecule has 1 amide bonds. The zero-order valence-electron chi connectivity index (χ0n) is 9.41. The van der Waals surface area contributed by atoms with Crippen LogP contribution in [0.25, 0.3) is 0 Å². The Hall–Kier alpha value is -2.00. The molecule has 7 nitrogen and oxygen atoms in total. The molecule has 0 saturated carbocycles. The molecule has 0 fully saturated rings. The quantitative estimate of drug-likeness (QED) is 0.651. The summed E-state index contributed by atoms with van der Waals surface area (Å²) in [5.41, 5.74) is -0.427. The van der Waals surface area contributed by atoms with Crippen LogP contribution in [0.5, 0.6) is 0 Å². The van der Waals surface area contributed by atoms with Gasteiger partial charge < -0.3 is 10.4 Å². The van der Waals surface area contributed by atoms with Crippen LogP contribution in [0.4, 0.5) is 4.39 Å². The Morgan fingerprint density at radius 3 is 2.37 bits per heavy atom. The van der Waals surface area contributed by atoms with E-state index in [-0.39, 0.29) is 0 Å². The lowest BCUT2D eigenvalue weighted by Gasteiger charge is -2.13. The number of halogens is 1. The van der Waals surface area contributed by atoms with E-state index in [2.05, 4.69) is 0 Å². The van der Waals surface area contributed by atoms with Crippen molar-refractivity contribution in [3.05, 3.63) is 35.6 Å². The van der Waals surface area contributed by atoms with Crippen LogP contribution >= 0.6 is 0 Å². The van der Waals surface area contributed by atoms with Gasteiger partial charge in [-0.15, -0.1) is 0 Å². The molecule has 9 heteroatoms. The van der Waals surface area contributed by atoms with Gasteiger partial charge in [0.05, 0.1) is 5.56 Å². The molecular weight excluding hydrogens is 281 g/mol. The molecule has 104 valence electrons. The van der Waals surface area contributed by atoms with Crippen molar-refractivity contribution in [1.82, 2.24) is 5.32 Å². The van der Waals surface area contributed by atoms with Crippen molar-refractivity contribution in [2.75, 3.05) is 5.75 Å². The number of carbonyl (C=O) groups is 2. The van der Waals surface area contributed by atoms with Gasteiger partial charge in [0.1, 0.15) is 17.6 Å². The van der Waals surface area contributed by atoms with E-state index < -0.39 is 45.2 Å². The summed E-state index contributed by atoms with van der Waals surface area (Å²) in [5, 5.41) is 10.5. The second-order valence-electron chi connectivity index (χ2n) is 3.59. The van der Waals surface area contributed by atoms with Crippen molar-refractivity contribution in [2.24, 2.45) is 0 Å². The van der Waals surface area contributed by atoms with Crippen LogP contribution in [0.15, 0.2) is 24.3 Å². The minimum Gasteiger partial charge on any atom is -0.480 e. The van der Waals surface area contributed by atoms with E-state index in [1.54, 1.807) is 0 Å². The number of carboxylic acid groups (broad SMARTS) is 1. The van der Waals surface area contributed by atoms with E-state index in [4.69, 9.17) is 9.66 Å². The molecule has 1 aromatic carbocycles. The summed E-state index contributed by atoms with van der Waals surface area (Å²) in [6.45, 7) is 0. The van der Waals surface area contributed by atoms with Gasteiger partial charge >= 0.3 is 5.97 Å². The number of benzene rings is 1. The maximum atomic E-state index is 13.3. The highest BCUT2D eigenvalue weighted by atomic mass is 32.2. The van der Waals surface area contributed by atoms with Crippen LogP contribution in [0.2, 0.25) is 0 Å². The standard InChI is InChI=1S/C10H10FNO6S/c11-7-4-2-1-3-6(7)9(13)12-8(10(14)15)5-19(16,17)18/h1-4,8H,5H2,(H,12,13)(H,14,15)(H,16,17,18)/t8-/m0/s1. The fourth-order valence-corrected chi connectivity index (χ4v) is 1.91. The second-order valence-corrected chi connectivity index (χ2v) is 5.09. The Morgan fingerprint density at radius 1 is 1.32 bits per heavy atom. The van der Waals surface area contributed by atoms with Gasteiger partial charge in [-0.2, -0.15) is 8.42 Å². The molecule has 0 aromatic heterocycles. The summed E-state index contributed by atoms with van der Waals surface area (Å²) < 4.78 is 43.0. The van der Waals surface area contributed by atoms with Crippen molar-refractivity contribution in [3.8, 4) is 0 Å². The molecule has 0 aliphatic carbocycles. The molecule has 0 bridgehead atoms. The number of nitrogens with one attached hydrogen (secondary N) is 1. The normalized spacial score (nSPS) is 12.7. The predicted octanol–water partition coefficient (Wildman–Crippen LogP) is -0.103. The first kappa shape index (κ1) is 15.1. The first-order valence-electron chi connectivity index (χ1n) is 4.94. The van der Waals surface area contributed by atoms with E-state index in [0.717, 1.165) is 12.1 Å². The number of aliphatic carboxylic acids is 1. The highest BCUT2D eigenvalue weighted by molar-refractivity contribution is 7.85. The lowest BCUT2D eigenvalue weighted by molar-refractivity contribution is -0.138. The summed E-state index contributed by atoms with van der Waals surface area (Å²) in [4.78, 5) is 22.3. The largest absolute Gasteiger partial charge is 0.480 e. The fraction of sp³-hybridized carbons (Fsp3) is 0.200. The zero-order valence-corrected chi connectivity index (χ0v) is 10.2. The SMILES string of the molecule is O=C(N[C@@H](CS(=O)(=O)O)C(=O)O)c1ccccc1F. The van der Waals surface area contributed by atoms with Crippen LogP contribution < -0.4 is 5.32 Å². The third-order valence-electron chi connectivity index (χ3n) is 2.10. The topological polar surface area (TPSA) is 121 Å². The van der Waals surface area contributed by atoms with Crippen molar-refractivity contribution in [2.45, 2.75) is 6.04 Å². The van der Waals surface area contributed by atoms with Crippen LogP contribution in [-0.4, -0.2) is 41.7 Å². The Kier molecular flexibility index (Phi) is 4.57. The number of carbonyl (C=O) groups excluding carboxylic acids is 1. The summed E-state index contributed by atoms with van der Waals surface area (Å²) in [6, 6.07) is 2.92. The molecule has 1 aromatic rings. The van der Waals surface area contributed by atoms with E-state index in [1.165, 1.54) is 12.1 Å². The van der Waals surface area contributed by atoms with E-state index in [0.29, 0.717) is 0 Å². The van der Waals surface area contributed by atoms with Gasteiger partial charge in [-0.3, -0.25) is 9.35 Å². The number of amides is 1. The van der Waals surface area contributed by atoms with E-state index >= 15 is 0 Å². The van der Waals surface area contributed by atoms with Gasteiger partial charge in [0.2, 0.25) is 0 Å². The van der Waals surface area contributed by atoms with Gasteiger partial charge in [0.25, 0.3) is 16.0 Å². The minimum atomic E-state index is -4.60. The molecule has 0 radical (unpaired) electrons. The number of rotatable bonds is 5. The fourth-order valence-electron chi connectivity index (χ4n) is 1.27. The summed E-state index contributed by atoms with van der Waals surface area (Å²) in [6.07, 6.45) is 0. The first-order valence-corrected chi connectivity index (χ1v) is 6.55. The highest BCUT2D eigenvalue weighted by Gasteiger charge is 2.26. The first-order chi connectivity index (χ1) is 8.70. The average Bonchev–Trinajstić information content (AvgIpc) is 2.26. The lowest BCUT2D eigenvalue weighted by Crippen LogP contribution is -2.45. The third kappa shape index (κ3) is 4.64. The van der Waals surface area contributed by atoms with Gasteiger partial charge in [-0.05, 0) is 12.1 Å². The average molecular weight is 291 g/mol. The Bertz CT molecular complexity index is 600. The van der Waals surface area contributed by atoms with Crippen molar-refractivity contribution in [1.29, 1.82) is 0 Å². The molecule has 3 N–H and O–H groups in total. The van der Waals surface area contributed by atoms with Gasteiger partial charge in [0, 0.05) is 0 Å². The summed E-state index contributed by atoms with van der Waals surface area (Å²) >= 11 is 0. The monoisotopic (exact) mass is 291 g/mol. The van der Waals surface area contributed by atoms with E-state index in [1.807, 2.05) is 5.32 Å². The number of carboxylic acids is 1. The van der Waals surface area contributed by atoms with E-state index in [9.17, 15) is 22.4 Å². The summed E-state index contributed by atoms with van der Waals surface area (Å²) in [5.74, 6) is -4.84. The van der Waals surface area contributed by atoms with Crippen LogP contribution in [0.3, 0.4) is 0 Å². The van der Waals surface area contributed by atoms with Gasteiger partial charge in [-0.1, -0.05) is 12.1 Å². The number of hydrogen-bond acceptors (Lipinski definition) is 4. The van der Waals surface area contributed by atoms with Gasteiger partial charge in [-0.25, -0.2) is 9.18 Å². The minimum absolute atomic E-state index is 0.427. The maximum absolute atomic E-state index is 13.3. The molecule has 0 aliphatic rings. The van der Waals surface area contributed by atoms with Crippen molar-refractivity contribution < 1.29 is 32.1 Å². The highest BCUT2D eigenvalue weighted by Crippen LogP contribution is 2.06. The third-order valence-corrected chi connectivity index (χ3v) is 2.85. The molecule has 0 heterocycles. The molecule has 0 saturated heterocycles. The molecule has 0 spiro atoms. The Morgan fingerprint density at radius 2 is 1.89 bits per heavy atom. The van der Waals surface area contributed by atoms with Crippen LogP contribution in [0, 0.1) is 5.82 Å². The predicted molar refractivity (Wildman–Crippen MR) is 61.7 cm³/mol. The lowest BCUT2D eigenvalue weighted by atomic mass is 10.2. The maximum Gasteiger partial charge on any atom is 0.327 e. The van der Waals surface area contributed by atoms with Gasteiger partial charge in [0.15, 0.2) is 0 Å². The Balaban J connectivity index is 2.89. The smallest absolute Gasteiger partial charge is 0.327 e. The van der Waals surface area contributed by atoms with Crippen LogP contribution in [0.1, 0.15) is 10.4 Å². The molecule has 1 rings (SSSR count). The van der Waals surface area contributed by atoms with Crippen LogP contribution in [-0.2, 0) is 14.9 Å². The zero-order chi connectivity index (χ0) is 14.6. The molecule has 0 unspecified atom stereocenters. The molecule has 0 aliphatic heterocycles. The molecular formula is C10H10FNO6S. The molecule has 19 heavy (non-hydrogen) atoms. The van der Waals surface area contributed by atoms with Crippen molar-refractivity contribution >= 4 is 22.0 Å². The Labute approximate surface area is 107 Å². The second kappa shape index (κ2) is 5.76. The van der Waals surface area contributed by atoms with Crippen molar-refractivity contribution in [3.63, 3.8) is 0 Å². The molecule has 1 atom stereocenters. The number of hydrogen-bond donors (Lipinski definition) is 3. The summed E-state index contributed by atoms with van der Waals surface area (Å²) in [7, 11) is -4.60.